The predicted molar refractivity (Wildman–Crippen MR) is 75.2 cm³/mol. The van der Waals surface area contributed by atoms with Gasteiger partial charge in [0.1, 0.15) is 4.88 Å². The average Bonchev–Trinajstić information content (AvgIpc) is 2.80. The average molecular weight is 285 g/mol. The molecule has 6 nitrogen and oxygen atoms in total. The monoisotopic (exact) mass is 285 g/mol. The number of carbonyl (C=O) groups excluding carboxylic acids is 2. The van der Waals surface area contributed by atoms with Crippen molar-refractivity contribution in [2.24, 2.45) is 0 Å². The summed E-state index contributed by atoms with van der Waals surface area (Å²) in [4.78, 5) is 25.4. The van der Waals surface area contributed by atoms with E-state index in [2.05, 4.69) is 5.32 Å². The molecule has 0 aromatic carbocycles. The second-order valence-electron chi connectivity index (χ2n) is 4.06. The number of nitrogen functional groups attached to an aromatic ring is 1. The lowest BCUT2D eigenvalue weighted by molar-refractivity contribution is -0.121. The second kappa shape index (κ2) is 7.75. The van der Waals surface area contributed by atoms with Gasteiger partial charge in [0.05, 0.1) is 12.2 Å². The summed E-state index contributed by atoms with van der Waals surface area (Å²) < 4.78 is 4.88. The maximum absolute atomic E-state index is 12.0. The highest BCUT2D eigenvalue weighted by Crippen LogP contribution is 2.20. The standard InChI is InChI=1S/C12H19N3O3S/c1-15(8-10(16)14-5-3-6-18-2)12(17)11-9(13)4-7-19-11/h4,7H,3,5-6,8,13H2,1-2H3,(H,14,16). The van der Waals surface area contributed by atoms with Gasteiger partial charge in [0.15, 0.2) is 0 Å². The zero-order chi connectivity index (χ0) is 14.3. The van der Waals surface area contributed by atoms with E-state index in [4.69, 9.17) is 10.5 Å². The molecule has 19 heavy (non-hydrogen) atoms. The topological polar surface area (TPSA) is 84.7 Å². The van der Waals surface area contributed by atoms with Crippen LogP contribution >= 0.6 is 11.3 Å². The van der Waals surface area contributed by atoms with Crippen LogP contribution in [0.2, 0.25) is 0 Å². The summed E-state index contributed by atoms with van der Waals surface area (Å²) in [6.45, 7) is 1.15. The van der Waals surface area contributed by atoms with E-state index in [1.807, 2.05) is 0 Å². The van der Waals surface area contributed by atoms with Crippen molar-refractivity contribution >= 4 is 28.8 Å². The number of amides is 2. The van der Waals surface area contributed by atoms with Crippen LogP contribution in [0.1, 0.15) is 16.1 Å². The van der Waals surface area contributed by atoms with Gasteiger partial charge >= 0.3 is 0 Å². The molecular formula is C12H19N3O3S. The molecule has 7 heteroatoms. The first-order valence-corrected chi connectivity index (χ1v) is 6.78. The Labute approximate surface area is 116 Å². The fraction of sp³-hybridized carbons (Fsp3) is 0.500. The highest BCUT2D eigenvalue weighted by molar-refractivity contribution is 7.12. The van der Waals surface area contributed by atoms with E-state index in [0.717, 1.165) is 6.42 Å². The minimum absolute atomic E-state index is 0.0170. The Balaban J connectivity index is 2.38. The van der Waals surface area contributed by atoms with Crippen molar-refractivity contribution in [1.29, 1.82) is 0 Å². The quantitative estimate of drug-likeness (QED) is 0.717. The van der Waals surface area contributed by atoms with E-state index in [0.29, 0.717) is 23.7 Å². The van der Waals surface area contributed by atoms with Crippen LogP contribution in [0.15, 0.2) is 11.4 Å². The third-order valence-corrected chi connectivity index (χ3v) is 3.38. The summed E-state index contributed by atoms with van der Waals surface area (Å²) in [5.74, 6) is -0.429. The van der Waals surface area contributed by atoms with Gasteiger partial charge in [-0.25, -0.2) is 0 Å². The van der Waals surface area contributed by atoms with Crippen LogP contribution in [0.25, 0.3) is 0 Å². The van der Waals surface area contributed by atoms with Crippen molar-refractivity contribution in [1.82, 2.24) is 10.2 Å². The minimum Gasteiger partial charge on any atom is -0.397 e. The van der Waals surface area contributed by atoms with Gasteiger partial charge in [0.2, 0.25) is 5.91 Å². The molecule has 0 aliphatic carbocycles. The van der Waals surface area contributed by atoms with Crippen LogP contribution < -0.4 is 11.1 Å². The molecule has 1 aromatic rings. The number of thiophene rings is 1. The van der Waals surface area contributed by atoms with E-state index in [-0.39, 0.29) is 18.4 Å². The van der Waals surface area contributed by atoms with Crippen LogP contribution in [0.4, 0.5) is 5.69 Å². The molecule has 1 rings (SSSR count). The molecule has 0 bridgehead atoms. The second-order valence-corrected chi connectivity index (χ2v) is 4.98. The SMILES string of the molecule is COCCCNC(=O)CN(C)C(=O)c1sccc1N. The number of nitrogens with two attached hydrogens (primary N) is 1. The molecule has 0 saturated carbocycles. The van der Waals surface area contributed by atoms with Gasteiger partial charge in [-0.15, -0.1) is 11.3 Å². The molecule has 0 saturated heterocycles. The fourth-order valence-electron chi connectivity index (χ4n) is 1.45. The third kappa shape index (κ3) is 4.88. The smallest absolute Gasteiger partial charge is 0.266 e. The Morgan fingerprint density at radius 3 is 2.84 bits per heavy atom. The first-order chi connectivity index (χ1) is 9.06. The van der Waals surface area contributed by atoms with Gasteiger partial charge in [-0.3, -0.25) is 9.59 Å². The van der Waals surface area contributed by atoms with E-state index in [1.165, 1.54) is 16.2 Å². The number of methoxy groups -OCH3 is 1. The number of anilines is 1. The maximum atomic E-state index is 12.0. The maximum Gasteiger partial charge on any atom is 0.266 e. The van der Waals surface area contributed by atoms with Crippen molar-refractivity contribution in [3.05, 3.63) is 16.3 Å². The van der Waals surface area contributed by atoms with Gasteiger partial charge < -0.3 is 20.7 Å². The van der Waals surface area contributed by atoms with Crippen molar-refractivity contribution in [2.45, 2.75) is 6.42 Å². The summed E-state index contributed by atoms with van der Waals surface area (Å²) in [5, 5.41) is 4.47. The molecule has 0 fully saturated rings. The molecule has 0 aliphatic rings. The number of likely N-dealkylation sites (N-methyl/N-ethyl adjacent to an activating group) is 1. The zero-order valence-corrected chi connectivity index (χ0v) is 12.0. The van der Waals surface area contributed by atoms with Gasteiger partial charge in [0.25, 0.3) is 5.91 Å². The third-order valence-electron chi connectivity index (χ3n) is 2.46. The minimum atomic E-state index is -0.237. The van der Waals surface area contributed by atoms with Gasteiger partial charge in [-0.2, -0.15) is 0 Å². The Morgan fingerprint density at radius 1 is 1.53 bits per heavy atom. The Bertz CT molecular complexity index is 434. The van der Waals surface area contributed by atoms with Crippen molar-refractivity contribution in [3.8, 4) is 0 Å². The highest BCUT2D eigenvalue weighted by Gasteiger charge is 2.17. The molecule has 0 aliphatic heterocycles. The molecule has 2 amide bonds. The van der Waals surface area contributed by atoms with Crippen LogP contribution in [0, 0.1) is 0 Å². The number of rotatable bonds is 7. The van der Waals surface area contributed by atoms with Gasteiger partial charge in [0, 0.05) is 27.3 Å². The normalized spacial score (nSPS) is 10.2. The number of nitrogens with zero attached hydrogens (tertiary/aromatic N) is 1. The van der Waals surface area contributed by atoms with Crippen LogP contribution in [0.5, 0.6) is 0 Å². The summed E-state index contributed by atoms with van der Waals surface area (Å²) >= 11 is 1.27. The van der Waals surface area contributed by atoms with Gasteiger partial charge in [-0.05, 0) is 17.9 Å². The Hall–Kier alpha value is -1.60. The van der Waals surface area contributed by atoms with Crippen molar-refractivity contribution in [2.75, 3.05) is 39.6 Å². The first-order valence-electron chi connectivity index (χ1n) is 5.90. The zero-order valence-electron chi connectivity index (χ0n) is 11.1. The molecular weight excluding hydrogens is 266 g/mol. The molecule has 106 valence electrons. The van der Waals surface area contributed by atoms with Crippen molar-refractivity contribution in [3.63, 3.8) is 0 Å². The number of nitrogens with one attached hydrogen (secondary N) is 1. The number of carbonyl (C=O) groups is 2. The Kier molecular flexibility index (Phi) is 6.31. The highest BCUT2D eigenvalue weighted by atomic mass is 32.1. The number of ether oxygens (including phenoxy) is 1. The van der Waals surface area contributed by atoms with Crippen LogP contribution in [0.3, 0.4) is 0 Å². The fourth-order valence-corrected chi connectivity index (χ4v) is 2.27. The lowest BCUT2D eigenvalue weighted by atomic mass is 10.3. The number of hydrogen-bond donors (Lipinski definition) is 2. The van der Waals surface area contributed by atoms with E-state index < -0.39 is 0 Å². The van der Waals surface area contributed by atoms with Crippen LogP contribution in [-0.4, -0.2) is 50.6 Å². The summed E-state index contributed by atoms with van der Waals surface area (Å²) in [7, 11) is 3.19. The molecule has 3 N–H and O–H groups in total. The van der Waals surface area contributed by atoms with E-state index >= 15 is 0 Å². The van der Waals surface area contributed by atoms with E-state index in [9.17, 15) is 9.59 Å². The van der Waals surface area contributed by atoms with E-state index in [1.54, 1.807) is 25.6 Å². The summed E-state index contributed by atoms with van der Waals surface area (Å²) in [5.41, 5.74) is 6.12. The lowest BCUT2D eigenvalue weighted by Crippen LogP contribution is -2.38. The molecule has 0 spiro atoms. The van der Waals surface area contributed by atoms with Crippen LogP contribution in [-0.2, 0) is 9.53 Å². The summed E-state index contributed by atoms with van der Waals surface area (Å²) in [6, 6.07) is 1.68. The lowest BCUT2D eigenvalue weighted by Gasteiger charge is -2.16. The summed E-state index contributed by atoms with van der Waals surface area (Å²) in [6.07, 6.45) is 0.748. The number of hydrogen-bond acceptors (Lipinski definition) is 5. The molecule has 0 unspecified atom stereocenters. The Morgan fingerprint density at radius 2 is 2.26 bits per heavy atom. The molecule has 0 radical (unpaired) electrons. The van der Waals surface area contributed by atoms with Gasteiger partial charge in [-0.1, -0.05) is 0 Å². The largest absolute Gasteiger partial charge is 0.397 e. The first kappa shape index (κ1) is 15.5. The molecule has 1 heterocycles. The predicted octanol–water partition coefficient (Wildman–Crippen LogP) is 0.555. The van der Waals surface area contributed by atoms with Crippen molar-refractivity contribution < 1.29 is 14.3 Å². The molecule has 1 aromatic heterocycles. The molecule has 0 atom stereocenters.